The summed E-state index contributed by atoms with van der Waals surface area (Å²) in [5.41, 5.74) is 4.66. The highest BCUT2D eigenvalue weighted by atomic mass is 32.2. The molecule has 1 nitrogen and oxygen atoms in total. The van der Waals surface area contributed by atoms with E-state index in [2.05, 4.69) is 72.8 Å². The normalized spacial score (nSPS) is 18.9. The summed E-state index contributed by atoms with van der Waals surface area (Å²) in [6.07, 6.45) is 4.98. The minimum atomic E-state index is -0.418. The van der Waals surface area contributed by atoms with Gasteiger partial charge < -0.3 is 0 Å². The van der Waals surface area contributed by atoms with Crippen molar-refractivity contribution in [2.45, 2.75) is 18.1 Å². The fraction of sp³-hybridized carbons (Fsp3) is 0.115. The number of hydrogen-bond donors (Lipinski definition) is 0. The lowest BCUT2D eigenvalue weighted by atomic mass is 9.88. The van der Waals surface area contributed by atoms with Crippen molar-refractivity contribution in [1.82, 2.24) is 0 Å². The fourth-order valence-electron chi connectivity index (χ4n) is 3.65. The zero-order valence-corrected chi connectivity index (χ0v) is 16.7. The zero-order chi connectivity index (χ0) is 19.4. The number of ketones is 1. The number of hydrogen-bond acceptors (Lipinski definition) is 2. The second-order valence-corrected chi connectivity index (χ2v) is 8.45. The summed E-state index contributed by atoms with van der Waals surface area (Å²) in [5.74, 6) is 0.189. The smallest absolute Gasteiger partial charge is 0.131 e. The van der Waals surface area contributed by atoms with Crippen molar-refractivity contribution in [3.63, 3.8) is 0 Å². The van der Waals surface area contributed by atoms with E-state index in [1.807, 2.05) is 30.3 Å². The van der Waals surface area contributed by atoms with Crippen molar-refractivity contribution in [1.29, 1.82) is 0 Å². The summed E-state index contributed by atoms with van der Waals surface area (Å²) in [6, 6.07) is 31.2. The Morgan fingerprint density at radius 2 is 1.32 bits per heavy atom. The van der Waals surface area contributed by atoms with Gasteiger partial charge in [0.25, 0.3) is 0 Å². The van der Waals surface area contributed by atoms with E-state index < -0.39 is 4.75 Å². The summed E-state index contributed by atoms with van der Waals surface area (Å²) in [6.45, 7) is 1.68. The average Bonchev–Trinajstić information content (AvgIpc) is 2.75. The summed E-state index contributed by atoms with van der Waals surface area (Å²) in [7, 11) is 0. The van der Waals surface area contributed by atoms with Crippen molar-refractivity contribution in [2.24, 2.45) is 0 Å². The van der Waals surface area contributed by atoms with Gasteiger partial charge in [-0.15, -0.1) is 11.8 Å². The van der Waals surface area contributed by atoms with Crippen molar-refractivity contribution >= 4 is 28.0 Å². The van der Waals surface area contributed by atoms with Crippen LogP contribution in [0.4, 0.5) is 0 Å². The van der Waals surface area contributed by atoms with Crippen molar-refractivity contribution < 1.29 is 4.79 Å². The number of benzene rings is 3. The second-order valence-electron chi connectivity index (χ2n) is 7.08. The minimum absolute atomic E-state index is 0.189. The lowest BCUT2D eigenvalue weighted by molar-refractivity contribution is -0.117. The first kappa shape index (κ1) is 18.5. The number of thioether (sulfide) groups is 1. The van der Waals surface area contributed by atoms with Gasteiger partial charge in [-0.1, -0.05) is 97.1 Å². The molecule has 4 rings (SSSR count). The molecule has 0 spiro atoms. The second kappa shape index (κ2) is 8.04. The summed E-state index contributed by atoms with van der Waals surface area (Å²) in [5, 5.41) is 0. The number of Topliss-reactive ketones (excluding diaryl/α,β-unsaturated/α-hetero) is 1. The van der Waals surface area contributed by atoms with Crippen LogP contribution in [-0.4, -0.2) is 5.78 Å². The Morgan fingerprint density at radius 3 is 1.89 bits per heavy atom. The molecule has 0 bridgehead atoms. The van der Waals surface area contributed by atoms with Crippen LogP contribution in [0.15, 0.2) is 103 Å². The van der Waals surface area contributed by atoms with Crippen LogP contribution in [0.3, 0.4) is 0 Å². The predicted molar refractivity (Wildman–Crippen MR) is 120 cm³/mol. The van der Waals surface area contributed by atoms with Crippen LogP contribution >= 0.6 is 11.8 Å². The van der Waals surface area contributed by atoms with Crippen LogP contribution in [0, 0.1) is 0 Å². The molecule has 0 amide bonds. The molecule has 0 saturated carbocycles. The molecular weight excluding hydrogens is 360 g/mol. The lowest BCUT2D eigenvalue weighted by Gasteiger charge is -2.35. The average molecular weight is 383 g/mol. The molecule has 3 aromatic rings. The number of carbonyl (C=O) groups excluding carboxylic acids is 1. The van der Waals surface area contributed by atoms with E-state index in [0.717, 1.165) is 11.1 Å². The van der Waals surface area contributed by atoms with E-state index in [1.54, 1.807) is 18.7 Å². The Kier molecular flexibility index (Phi) is 5.31. The van der Waals surface area contributed by atoms with Gasteiger partial charge >= 0.3 is 0 Å². The predicted octanol–water partition coefficient (Wildman–Crippen LogP) is 6.73. The molecule has 0 aliphatic carbocycles. The Balaban J connectivity index is 1.91. The van der Waals surface area contributed by atoms with Gasteiger partial charge in [-0.05, 0) is 35.3 Å². The third-order valence-corrected chi connectivity index (χ3v) is 6.34. The van der Waals surface area contributed by atoms with Crippen LogP contribution < -0.4 is 0 Å². The Hall–Kier alpha value is -2.84. The van der Waals surface area contributed by atoms with Gasteiger partial charge in [0, 0.05) is 11.3 Å². The molecule has 0 radical (unpaired) electrons. The number of rotatable bonds is 5. The Bertz CT molecular complexity index is 1020. The maximum atomic E-state index is 12.3. The Labute approximate surface area is 170 Å². The van der Waals surface area contributed by atoms with E-state index in [1.165, 1.54) is 16.0 Å². The molecule has 1 heterocycles. The van der Waals surface area contributed by atoms with E-state index in [9.17, 15) is 4.79 Å². The monoisotopic (exact) mass is 382 g/mol. The van der Waals surface area contributed by atoms with Gasteiger partial charge in [0.2, 0.25) is 0 Å². The Morgan fingerprint density at radius 1 is 0.786 bits per heavy atom. The maximum Gasteiger partial charge on any atom is 0.131 e. The third-order valence-electron chi connectivity index (χ3n) is 4.91. The van der Waals surface area contributed by atoms with Gasteiger partial charge in [-0.25, -0.2) is 0 Å². The van der Waals surface area contributed by atoms with Crippen molar-refractivity contribution in [3.8, 4) is 0 Å². The van der Waals surface area contributed by atoms with Crippen LogP contribution in [0.2, 0.25) is 0 Å². The van der Waals surface area contributed by atoms with E-state index in [4.69, 9.17) is 0 Å². The standard InChI is InChI=1S/C26H22OS/c1-20(27)18-26(24-15-9-4-10-16-24)19-23(21-11-5-2-6-12-21)17-25(28-26)22-13-7-3-8-14-22/h2-17,19H,18H2,1H3/t26-/m0/s1. The molecule has 28 heavy (non-hydrogen) atoms. The van der Waals surface area contributed by atoms with Crippen LogP contribution in [0.25, 0.3) is 10.5 Å². The third kappa shape index (κ3) is 3.88. The SMILES string of the molecule is CC(=O)C[C@@]1(c2ccccc2)C=C(c2ccccc2)C=C(c2ccccc2)S1. The molecule has 1 aliphatic heterocycles. The molecule has 3 aromatic carbocycles. The quantitative estimate of drug-likeness (QED) is 0.486. The summed E-state index contributed by atoms with van der Waals surface area (Å²) >= 11 is 1.78. The molecule has 0 saturated heterocycles. The van der Waals surface area contributed by atoms with Gasteiger partial charge in [0.1, 0.15) is 5.78 Å². The highest BCUT2D eigenvalue weighted by Gasteiger charge is 2.36. The molecule has 1 aliphatic rings. The molecular formula is C26H22OS. The lowest BCUT2D eigenvalue weighted by Crippen LogP contribution is -2.24. The molecule has 138 valence electrons. The van der Waals surface area contributed by atoms with E-state index >= 15 is 0 Å². The molecule has 0 aromatic heterocycles. The molecule has 0 fully saturated rings. The zero-order valence-electron chi connectivity index (χ0n) is 15.8. The number of carbonyl (C=O) groups is 1. The topological polar surface area (TPSA) is 17.1 Å². The van der Waals surface area contributed by atoms with Crippen molar-refractivity contribution in [3.05, 3.63) is 120 Å². The minimum Gasteiger partial charge on any atom is -0.300 e. The highest BCUT2D eigenvalue weighted by Crippen LogP contribution is 2.53. The summed E-state index contributed by atoms with van der Waals surface area (Å²) < 4.78 is -0.418. The first-order chi connectivity index (χ1) is 13.7. The van der Waals surface area contributed by atoms with Crippen molar-refractivity contribution in [2.75, 3.05) is 0 Å². The van der Waals surface area contributed by atoms with E-state index in [-0.39, 0.29) is 5.78 Å². The van der Waals surface area contributed by atoms with Crippen LogP contribution in [-0.2, 0) is 9.54 Å². The van der Waals surface area contributed by atoms with Gasteiger partial charge in [0.05, 0.1) is 4.75 Å². The van der Waals surface area contributed by atoms with Gasteiger partial charge in [0.15, 0.2) is 0 Å². The highest BCUT2D eigenvalue weighted by molar-refractivity contribution is 8.09. The number of allylic oxidation sites excluding steroid dienone is 2. The van der Waals surface area contributed by atoms with E-state index in [0.29, 0.717) is 6.42 Å². The summed E-state index contributed by atoms with van der Waals surface area (Å²) in [4.78, 5) is 13.5. The van der Waals surface area contributed by atoms with Gasteiger partial charge in [-0.2, -0.15) is 0 Å². The first-order valence-corrected chi connectivity index (χ1v) is 10.3. The first-order valence-electron chi connectivity index (χ1n) is 9.46. The fourth-order valence-corrected chi connectivity index (χ4v) is 5.20. The molecule has 1 atom stereocenters. The molecule has 0 N–H and O–H groups in total. The maximum absolute atomic E-state index is 12.3. The van der Waals surface area contributed by atoms with Crippen LogP contribution in [0.1, 0.15) is 30.0 Å². The van der Waals surface area contributed by atoms with Gasteiger partial charge in [-0.3, -0.25) is 4.79 Å². The molecule has 2 heteroatoms. The molecule has 0 unspecified atom stereocenters. The van der Waals surface area contributed by atoms with Crippen LogP contribution in [0.5, 0.6) is 0 Å². The largest absolute Gasteiger partial charge is 0.300 e.